The van der Waals surface area contributed by atoms with Crippen molar-refractivity contribution in [1.29, 1.82) is 0 Å². The van der Waals surface area contributed by atoms with Crippen LogP contribution in [-0.4, -0.2) is 51.0 Å². The highest BCUT2D eigenvalue weighted by molar-refractivity contribution is 9.10. The molecule has 132 valence electrons. The molecule has 2 aliphatic rings. The third kappa shape index (κ3) is 3.82. The molecule has 0 unspecified atom stereocenters. The predicted molar refractivity (Wildman–Crippen MR) is 93.4 cm³/mol. The van der Waals surface area contributed by atoms with Crippen LogP contribution in [0.25, 0.3) is 0 Å². The molecule has 0 bridgehead atoms. The van der Waals surface area contributed by atoms with Crippen molar-refractivity contribution in [1.82, 2.24) is 9.62 Å². The lowest BCUT2D eigenvalue weighted by molar-refractivity contribution is 0.0730. The zero-order chi connectivity index (χ0) is 17.2. The second kappa shape index (κ2) is 7.51. The summed E-state index contributed by atoms with van der Waals surface area (Å²) in [5, 5.41) is 2.99. The molecule has 1 saturated carbocycles. The number of rotatable bonds is 4. The second-order valence-corrected chi connectivity index (χ2v) is 8.88. The number of hydrogen-bond donors (Lipinski definition) is 1. The Bertz CT molecular complexity index is 711. The van der Waals surface area contributed by atoms with Gasteiger partial charge in [0, 0.05) is 29.2 Å². The monoisotopic (exact) mass is 416 g/mol. The van der Waals surface area contributed by atoms with E-state index in [-0.39, 0.29) is 16.8 Å². The largest absolute Gasteiger partial charge is 0.379 e. The minimum absolute atomic E-state index is 0.128. The number of ether oxygens (including phenoxy) is 1. The van der Waals surface area contributed by atoms with E-state index in [1.54, 1.807) is 12.1 Å². The Labute approximate surface area is 150 Å². The van der Waals surface area contributed by atoms with Gasteiger partial charge in [0.15, 0.2) is 0 Å². The van der Waals surface area contributed by atoms with Gasteiger partial charge in [-0.25, -0.2) is 8.42 Å². The molecule has 1 aliphatic carbocycles. The van der Waals surface area contributed by atoms with Gasteiger partial charge in [0.05, 0.1) is 18.1 Å². The minimum atomic E-state index is -3.65. The van der Waals surface area contributed by atoms with Gasteiger partial charge in [-0.2, -0.15) is 4.31 Å². The normalized spacial score (nSPS) is 20.2. The van der Waals surface area contributed by atoms with Gasteiger partial charge in [-0.1, -0.05) is 12.8 Å². The van der Waals surface area contributed by atoms with Crippen molar-refractivity contribution < 1.29 is 17.9 Å². The van der Waals surface area contributed by atoms with E-state index in [4.69, 9.17) is 4.74 Å². The van der Waals surface area contributed by atoms with Crippen LogP contribution in [0.3, 0.4) is 0 Å². The lowest BCUT2D eigenvalue weighted by Crippen LogP contribution is -2.40. The Balaban J connectivity index is 1.84. The average molecular weight is 417 g/mol. The van der Waals surface area contributed by atoms with Gasteiger partial charge in [-0.05, 0) is 47.0 Å². The summed E-state index contributed by atoms with van der Waals surface area (Å²) >= 11 is 3.30. The number of benzene rings is 1. The maximum Gasteiger partial charge on any atom is 0.251 e. The third-order valence-electron chi connectivity index (χ3n) is 4.47. The van der Waals surface area contributed by atoms with E-state index in [2.05, 4.69) is 21.2 Å². The first-order valence-electron chi connectivity index (χ1n) is 8.17. The van der Waals surface area contributed by atoms with Gasteiger partial charge in [0.2, 0.25) is 10.0 Å². The maximum atomic E-state index is 12.8. The summed E-state index contributed by atoms with van der Waals surface area (Å²) in [7, 11) is -3.65. The fourth-order valence-corrected chi connectivity index (χ4v) is 5.47. The number of carbonyl (C=O) groups is 1. The van der Waals surface area contributed by atoms with Crippen LogP contribution < -0.4 is 5.32 Å². The molecule has 1 aromatic carbocycles. The highest BCUT2D eigenvalue weighted by Gasteiger charge is 2.29. The number of morpholine rings is 1. The highest BCUT2D eigenvalue weighted by Crippen LogP contribution is 2.27. The molecule has 0 atom stereocenters. The number of halogens is 1. The van der Waals surface area contributed by atoms with Crippen molar-refractivity contribution in [2.75, 3.05) is 26.3 Å². The molecule has 24 heavy (non-hydrogen) atoms. The highest BCUT2D eigenvalue weighted by atomic mass is 79.9. The average Bonchev–Trinajstić information content (AvgIpc) is 3.09. The molecule has 3 rings (SSSR count). The van der Waals surface area contributed by atoms with Crippen LogP contribution in [0, 0.1) is 0 Å². The third-order valence-corrected chi connectivity index (χ3v) is 7.36. The van der Waals surface area contributed by atoms with E-state index < -0.39 is 10.0 Å². The molecular formula is C16H21BrN2O4S. The van der Waals surface area contributed by atoms with Gasteiger partial charge < -0.3 is 10.1 Å². The molecule has 1 aliphatic heterocycles. The lowest BCUT2D eigenvalue weighted by atomic mass is 10.2. The van der Waals surface area contributed by atoms with Gasteiger partial charge in [0.1, 0.15) is 0 Å². The Kier molecular flexibility index (Phi) is 5.59. The first-order chi connectivity index (χ1) is 11.5. The molecule has 0 aromatic heterocycles. The molecule has 6 nitrogen and oxygen atoms in total. The summed E-state index contributed by atoms with van der Waals surface area (Å²) in [4.78, 5) is 12.5. The Morgan fingerprint density at radius 1 is 1.21 bits per heavy atom. The van der Waals surface area contributed by atoms with Crippen LogP contribution >= 0.6 is 15.9 Å². The zero-order valence-electron chi connectivity index (χ0n) is 13.3. The van der Waals surface area contributed by atoms with Crippen molar-refractivity contribution in [3.8, 4) is 0 Å². The van der Waals surface area contributed by atoms with E-state index in [9.17, 15) is 13.2 Å². The van der Waals surface area contributed by atoms with Gasteiger partial charge in [-0.3, -0.25) is 4.79 Å². The summed E-state index contributed by atoms with van der Waals surface area (Å²) in [6, 6.07) is 4.92. The number of nitrogens with zero attached hydrogens (tertiary/aromatic N) is 1. The minimum Gasteiger partial charge on any atom is -0.379 e. The number of amides is 1. The van der Waals surface area contributed by atoms with Crippen LogP contribution in [0.4, 0.5) is 0 Å². The first kappa shape index (κ1) is 17.8. The van der Waals surface area contributed by atoms with Gasteiger partial charge in [0.25, 0.3) is 5.91 Å². The van der Waals surface area contributed by atoms with Crippen LogP contribution in [0.2, 0.25) is 0 Å². The molecule has 1 saturated heterocycles. The summed E-state index contributed by atoms with van der Waals surface area (Å²) < 4.78 is 32.7. The summed E-state index contributed by atoms with van der Waals surface area (Å²) in [6.45, 7) is 1.43. The molecule has 0 radical (unpaired) electrons. The van der Waals surface area contributed by atoms with Crippen molar-refractivity contribution in [3.05, 3.63) is 28.2 Å². The Morgan fingerprint density at radius 3 is 2.54 bits per heavy atom. The van der Waals surface area contributed by atoms with Gasteiger partial charge in [-0.15, -0.1) is 0 Å². The first-order valence-corrected chi connectivity index (χ1v) is 10.4. The number of sulfonamides is 1. The molecule has 1 N–H and O–H groups in total. The van der Waals surface area contributed by atoms with Crippen LogP contribution in [0.5, 0.6) is 0 Å². The predicted octanol–water partition coefficient (Wildman–Crippen LogP) is 2.14. The fraction of sp³-hybridized carbons (Fsp3) is 0.562. The van der Waals surface area contributed by atoms with Crippen LogP contribution in [0.1, 0.15) is 36.0 Å². The molecule has 1 aromatic rings. The zero-order valence-corrected chi connectivity index (χ0v) is 15.7. The lowest BCUT2D eigenvalue weighted by Gasteiger charge is -2.26. The topological polar surface area (TPSA) is 75.7 Å². The molecule has 0 spiro atoms. The number of hydrogen-bond acceptors (Lipinski definition) is 4. The summed E-state index contributed by atoms with van der Waals surface area (Å²) in [5.41, 5.74) is 0.372. The van der Waals surface area contributed by atoms with E-state index in [0.717, 1.165) is 25.7 Å². The maximum absolute atomic E-state index is 12.8. The van der Waals surface area contributed by atoms with Crippen molar-refractivity contribution in [2.45, 2.75) is 36.6 Å². The van der Waals surface area contributed by atoms with Crippen LogP contribution in [-0.2, 0) is 14.8 Å². The van der Waals surface area contributed by atoms with Crippen LogP contribution in [0.15, 0.2) is 27.6 Å². The van der Waals surface area contributed by atoms with Gasteiger partial charge >= 0.3 is 0 Å². The van der Waals surface area contributed by atoms with Crippen molar-refractivity contribution in [3.63, 3.8) is 0 Å². The fourth-order valence-electron chi connectivity index (χ4n) is 3.11. The molecular weight excluding hydrogens is 396 g/mol. The second-order valence-electron chi connectivity index (χ2n) is 6.12. The summed E-state index contributed by atoms with van der Waals surface area (Å²) in [5.74, 6) is -0.215. The molecule has 1 heterocycles. The summed E-state index contributed by atoms with van der Waals surface area (Å²) in [6.07, 6.45) is 4.23. The standard InChI is InChI=1S/C16H21BrN2O4S/c17-14-6-5-12(16(20)18-13-3-1-2-4-13)11-15(14)24(21,22)19-7-9-23-10-8-19/h5-6,11,13H,1-4,7-10H2,(H,18,20). The van der Waals surface area contributed by atoms with Crippen molar-refractivity contribution >= 4 is 31.9 Å². The SMILES string of the molecule is O=C(NC1CCCC1)c1ccc(Br)c(S(=O)(=O)N2CCOCC2)c1. The Hall–Kier alpha value is -0.960. The Morgan fingerprint density at radius 2 is 1.88 bits per heavy atom. The number of nitrogens with one attached hydrogen (secondary N) is 1. The molecule has 2 fully saturated rings. The van der Waals surface area contributed by atoms with E-state index in [1.807, 2.05) is 0 Å². The molecule has 1 amide bonds. The van der Waals surface area contributed by atoms with E-state index in [0.29, 0.717) is 36.3 Å². The molecule has 8 heteroatoms. The smallest absolute Gasteiger partial charge is 0.251 e. The van der Waals surface area contributed by atoms with E-state index >= 15 is 0 Å². The number of carbonyl (C=O) groups excluding carboxylic acids is 1. The van der Waals surface area contributed by atoms with E-state index in [1.165, 1.54) is 10.4 Å². The van der Waals surface area contributed by atoms with Crippen molar-refractivity contribution in [2.24, 2.45) is 0 Å². The quantitative estimate of drug-likeness (QED) is 0.815.